The van der Waals surface area contributed by atoms with Crippen molar-refractivity contribution >= 4 is 17.4 Å². The zero-order valence-corrected chi connectivity index (χ0v) is 15.4. The molecular weight excluding hydrogens is 354 g/mol. The van der Waals surface area contributed by atoms with Crippen LogP contribution in [0, 0.1) is 11.3 Å². The summed E-state index contributed by atoms with van der Waals surface area (Å²) in [6, 6.07) is 17.7. The average molecular weight is 371 g/mol. The first-order chi connectivity index (χ1) is 13.4. The highest BCUT2D eigenvalue weighted by Gasteiger charge is 2.60. The first kappa shape index (κ1) is 17.6. The molecule has 2 aromatic rings. The molecule has 0 unspecified atom stereocenters. The number of nitrogens with zero attached hydrogens (tertiary/aromatic N) is 2. The predicted octanol–water partition coefficient (Wildman–Crippen LogP) is 2.78. The van der Waals surface area contributed by atoms with Gasteiger partial charge in [0.15, 0.2) is 5.78 Å². The average Bonchev–Trinajstić information content (AvgIpc) is 2.92. The molecule has 0 fully saturated rings. The Morgan fingerprint density at radius 3 is 2.46 bits per heavy atom. The van der Waals surface area contributed by atoms with Crippen LogP contribution in [0.25, 0.3) is 0 Å². The number of Topliss-reactive ketones (excluding diaryl/α,β-unsaturated/α-hetero) is 1. The van der Waals surface area contributed by atoms with Crippen molar-refractivity contribution in [2.45, 2.75) is 12.3 Å². The highest BCUT2D eigenvalue weighted by atomic mass is 16.5. The fourth-order valence-electron chi connectivity index (χ4n) is 4.09. The molecule has 138 valence electrons. The van der Waals surface area contributed by atoms with Crippen LogP contribution in [0.15, 0.2) is 77.4 Å². The Morgan fingerprint density at radius 1 is 1.14 bits per heavy atom. The number of fused-ring (bicyclic) bond motifs is 2. The van der Waals surface area contributed by atoms with Gasteiger partial charge in [-0.1, -0.05) is 48.5 Å². The van der Waals surface area contributed by atoms with Crippen LogP contribution in [0.3, 0.4) is 0 Å². The van der Waals surface area contributed by atoms with Crippen molar-refractivity contribution in [1.29, 1.82) is 5.26 Å². The van der Waals surface area contributed by atoms with Gasteiger partial charge in [0.05, 0.1) is 5.57 Å². The minimum absolute atomic E-state index is 0.0702. The van der Waals surface area contributed by atoms with Gasteiger partial charge in [-0.05, 0) is 13.0 Å². The molecule has 0 radical (unpaired) electrons. The van der Waals surface area contributed by atoms with Crippen LogP contribution in [0.1, 0.15) is 22.8 Å². The van der Waals surface area contributed by atoms with E-state index in [0.717, 1.165) is 0 Å². The van der Waals surface area contributed by atoms with Crippen LogP contribution in [0.5, 0.6) is 0 Å². The summed E-state index contributed by atoms with van der Waals surface area (Å²) in [5, 5.41) is 9.90. The Bertz CT molecular complexity index is 1130. The smallest absolute Gasteiger partial charge is 0.247 e. The third kappa shape index (κ3) is 2.07. The Labute approximate surface area is 162 Å². The Hall–Kier alpha value is -3.85. The van der Waals surface area contributed by atoms with Gasteiger partial charge in [-0.3, -0.25) is 9.59 Å². The molecular formula is C22H17N3O3. The van der Waals surface area contributed by atoms with E-state index in [4.69, 9.17) is 10.5 Å². The maximum atomic E-state index is 13.6. The van der Waals surface area contributed by atoms with E-state index in [-0.39, 0.29) is 28.6 Å². The van der Waals surface area contributed by atoms with Crippen LogP contribution in [-0.2, 0) is 14.9 Å². The number of anilines is 1. The fourth-order valence-corrected chi connectivity index (χ4v) is 4.09. The largest absolute Gasteiger partial charge is 0.445 e. The van der Waals surface area contributed by atoms with Crippen molar-refractivity contribution in [3.63, 3.8) is 0 Å². The molecule has 2 aromatic carbocycles. The highest BCUT2D eigenvalue weighted by Crippen LogP contribution is 2.53. The quantitative estimate of drug-likeness (QED) is 0.819. The molecule has 28 heavy (non-hydrogen) atoms. The van der Waals surface area contributed by atoms with E-state index in [0.29, 0.717) is 16.8 Å². The second-order valence-electron chi connectivity index (χ2n) is 6.71. The lowest BCUT2D eigenvalue weighted by molar-refractivity contribution is -0.120. The van der Waals surface area contributed by atoms with Gasteiger partial charge in [0.2, 0.25) is 11.8 Å². The molecule has 1 amide bonds. The molecule has 0 saturated carbocycles. The van der Waals surface area contributed by atoms with Crippen LogP contribution in [-0.4, -0.2) is 18.7 Å². The number of carbonyl (C=O) groups excluding carboxylic acids is 2. The van der Waals surface area contributed by atoms with Crippen molar-refractivity contribution in [3.05, 3.63) is 88.5 Å². The number of ether oxygens (including phenoxy) is 1. The fraction of sp³-hybridized carbons (Fsp3) is 0.136. The standard InChI is InChI=1S/C22H17N3O3/c1-13-18(19(26)14-8-4-3-5-9-14)22(16(12-23)20(24)28-13)15-10-6-7-11-17(15)25(2)21(22)27/h3-11H,24H2,1-2H3/t22-/m0/s1. The number of rotatable bonds is 2. The van der Waals surface area contributed by atoms with Crippen LogP contribution >= 0.6 is 0 Å². The first-order valence-electron chi connectivity index (χ1n) is 8.71. The number of hydrogen-bond donors (Lipinski definition) is 1. The second kappa shape index (κ2) is 6.10. The third-order valence-corrected chi connectivity index (χ3v) is 5.28. The van der Waals surface area contributed by atoms with Gasteiger partial charge in [-0.25, -0.2) is 0 Å². The lowest BCUT2D eigenvalue weighted by Gasteiger charge is -2.35. The number of para-hydroxylation sites is 1. The zero-order valence-electron chi connectivity index (χ0n) is 15.4. The van der Waals surface area contributed by atoms with Crippen molar-refractivity contribution in [1.82, 2.24) is 0 Å². The summed E-state index contributed by atoms with van der Waals surface area (Å²) < 4.78 is 5.55. The third-order valence-electron chi connectivity index (χ3n) is 5.28. The number of likely N-dealkylation sites (N-methyl/N-ethyl adjacent to an activating group) is 1. The van der Waals surface area contributed by atoms with Gasteiger partial charge in [0, 0.05) is 23.9 Å². The van der Waals surface area contributed by atoms with Crippen LogP contribution in [0.4, 0.5) is 5.69 Å². The van der Waals surface area contributed by atoms with E-state index in [9.17, 15) is 14.9 Å². The summed E-state index contributed by atoms with van der Waals surface area (Å²) in [7, 11) is 1.62. The molecule has 1 spiro atoms. The molecule has 2 aliphatic heterocycles. The Kier molecular flexibility index (Phi) is 3.83. The topological polar surface area (TPSA) is 96.4 Å². The molecule has 2 N–H and O–H groups in total. The van der Waals surface area contributed by atoms with E-state index >= 15 is 0 Å². The summed E-state index contributed by atoms with van der Waals surface area (Å²) in [6.45, 7) is 1.59. The summed E-state index contributed by atoms with van der Waals surface area (Å²) >= 11 is 0. The van der Waals surface area contributed by atoms with Crippen LogP contribution < -0.4 is 10.6 Å². The molecule has 6 nitrogen and oxygen atoms in total. The molecule has 4 rings (SSSR count). The Morgan fingerprint density at radius 2 is 1.79 bits per heavy atom. The van der Waals surface area contributed by atoms with Gasteiger partial charge in [0.25, 0.3) is 0 Å². The number of nitriles is 1. The number of ketones is 1. The van der Waals surface area contributed by atoms with Gasteiger partial charge < -0.3 is 15.4 Å². The molecule has 0 saturated heterocycles. The highest BCUT2D eigenvalue weighted by molar-refractivity contribution is 6.23. The molecule has 2 heterocycles. The molecule has 1 atom stereocenters. The maximum absolute atomic E-state index is 13.6. The van der Waals surface area contributed by atoms with Crippen LogP contribution in [0.2, 0.25) is 0 Å². The van der Waals surface area contributed by atoms with Gasteiger partial charge >= 0.3 is 0 Å². The first-order valence-corrected chi connectivity index (χ1v) is 8.71. The SMILES string of the molecule is CC1=C(C(=O)c2ccccc2)[C@@]2(C(=O)N(C)c3ccccc32)C(C#N)=C(N)O1. The predicted molar refractivity (Wildman–Crippen MR) is 103 cm³/mol. The number of benzene rings is 2. The number of amides is 1. The summed E-state index contributed by atoms with van der Waals surface area (Å²) in [4.78, 5) is 28.6. The molecule has 0 aromatic heterocycles. The van der Waals surface area contributed by atoms with E-state index in [2.05, 4.69) is 0 Å². The van der Waals surface area contributed by atoms with Gasteiger partial charge in [-0.15, -0.1) is 0 Å². The van der Waals surface area contributed by atoms with Gasteiger partial charge in [-0.2, -0.15) is 5.26 Å². The maximum Gasteiger partial charge on any atom is 0.247 e. The lowest BCUT2D eigenvalue weighted by atomic mass is 9.66. The summed E-state index contributed by atoms with van der Waals surface area (Å²) in [6.07, 6.45) is 0. The van der Waals surface area contributed by atoms with Crippen molar-refractivity contribution in [3.8, 4) is 6.07 Å². The summed E-state index contributed by atoms with van der Waals surface area (Å²) in [5.41, 5.74) is 6.01. The van der Waals surface area contributed by atoms with Crippen molar-refractivity contribution < 1.29 is 14.3 Å². The zero-order chi connectivity index (χ0) is 20.1. The minimum atomic E-state index is -1.63. The summed E-state index contributed by atoms with van der Waals surface area (Å²) in [5.74, 6) is -0.737. The number of allylic oxidation sites excluding steroid dienone is 1. The molecule has 0 aliphatic carbocycles. The molecule has 0 bridgehead atoms. The van der Waals surface area contributed by atoms with E-state index < -0.39 is 11.3 Å². The van der Waals surface area contributed by atoms with Crippen molar-refractivity contribution in [2.24, 2.45) is 5.73 Å². The van der Waals surface area contributed by atoms with E-state index in [1.807, 2.05) is 6.07 Å². The lowest BCUT2D eigenvalue weighted by Crippen LogP contribution is -2.47. The monoisotopic (exact) mass is 371 g/mol. The number of carbonyl (C=O) groups is 2. The normalized spacial score (nSPS) is 20.9. The Balaban J connectivity index is 2.09. The van der Waals surface area contributed by atoms with Crippen molar-refractivity contribution in [2.75, 3.05) is 11.9 Å². The number of nitrogens with two attached hydrogens (primary N) is 1. The molecule has 2 aliphatic rings. The van der Waals surface area contributed by atoms with Gasteiger partial charge in [0.1, 0.15) is 22.8 Å². The van der Waals surface area contributed by atoms with E-state index in [1.165, 1.54) is 4.90 Å². The number of hydrogen-bond acceptors (Lipinski definition) is 5. The minimum Gasteiger partial charge on any atom is -0.445 e. The molecule has 6 heteroatoms. The van der Waals surface area contributed by atoms with E-state index in [1.54, 1.807) is 68.6 Å². The second-order valence-corrected chi connectivity index (χ2v) is 6.71.